The number of nitrogens with one attached hydrogen (secondary N) is 2. The van der Waals surface area contributed by atoms with E-state index >= 15 is 0 Å². The quantitative estimate of drug-likeness (QED) is 0.873. The largest absolute Gasteiger partial charge is 0.492 e. The number of nitrogens with zero attached hydrogens (tertiary/aromatic N) is 1. The topological polar surface area (TPSA) is 49.9 Å². The van der Waals surface area contributed by atoms with E-state index in [1.54, 1.807) is 0 Å². The lowest BCUT2D eigenvalue weighted by Crippen LogP contribution is -2.27. The summed E-state index contributed by atoms with van der Waals surface area (Å²) in [6, 6.07) is 6.06. The van der Waals surface area contributed by atoms with E-state index in [-0.39, 0.29) is 0 Å². The zero-order chi connectivity index (χ0) is 12.4. The summed E-state index contributed by atoms with van der Waals surface area (Å²) in [5.74, 6) is 2.54. The van der Waals surface area contributed by atoms with E-state index in [0.29, 0.717) is 12.5 Å². The van der Waals surface area contributed by atoms with Crippen LogP contribution in [0.25, 0.3) is 11.0 Å². The van der Waals surface area contributed by atoms with Gasteiger partial charge in [-0.3, -0.25) is 0 Å². The Morgan fingerprint density at radius 3 is 2.94 bits per heavy atom. The van der Waals surface area contributed by atoms with Crippen molar-refractivity contribution in [3.05, 3.63) is 24.0 Å². The molecule has 2 N–H and O–H groups in total. The van der Waals surface area contributed by atoms with Crippen LogP contribution in [0.5, 0.6) is 5.75 Å². The van der Waals surface area contributed by atoms with Gasteiger partial charge in [0.15, 0.2) is 0 Å². The molecule has 0 bridgehead atoms. The number of para-hydroxylation sites is 1. The second kappa shape index (κ2) is 4.98. The van der Waals surface area contributed by atoms with E-state index in [1.165, 1.54) is 0 Å². The number of imidazole rings is 1. The SMILES string of the molecule is CCOc1cccc2[nH]c(C3CCNCC3)nc12. The molecule has 0 radical (unpaired) electrons. The molecule has 1 saturated heterocycles. The Morgan fingerprint density at radius 2 is 2.17 bits per heavy atom. The molecule has 0 saturated carbocycles. The van der Waals surface area contributed by atoms with Crippen LogP contribution in [0.4, 0.5) is 0 Å². The van der Waals surface area contributed by atoms with Crippen molar-refractivity contribution in [2.75, 3.05) is 19.7 Å². The smallest absolute Gasteiger partial charge is 0.147 e. The van der Waals surface area contributed by atoms with Crippen molar-refractivity contribution in [3.8, 4) is 5.75 Å². The summed E-state index contributed by atoms with van der Waals surface area (Å²) < 4.78 is 5.62. The van der Waals surface area contributed by atoms with Gasteiger partial charge in [0.2, 0.25) is 0 Å². The summed E-state index contributed by atoms with van der Waals surface area (Å²) in [4.78, 5) is 8.19. The Bertz CT molecular complexity index is 529. The molecule has 96 valence electrons. The van der Waals surface area contributed by atoms with Gasteiger partial charge in [-0.15, -0.1) is 0 Å². The number of ether oxygens (including phenoxy) is 1. The molecule has 1 aromatic heterocycles. The minimum atomic E-state index is 0.549. The molecule has 0 unspecified atom stereocenters. The molecule has 4 nitrogen and oxygen atoms in total. The molecule has 0 aliphatic carbocycles. The number of aromatic nitrogens is 2. The highest BCUT2D eigenvalue weighted by molar-refractivity contribution is 5.81. The number of rotatable bonds is 3. The van der Waals surface area contributed by atoms with Crippen LogP contribution in [0.3, 0.4) is 0 Å². The van der Waals surface area contributed by atoms with Gasteiger partial charge in [0.25, 0.3) is 0 Å². The van der Waals surface area contributed by atoms with Crippen LogP contribution in [0.1, 0.15) is 31.5 Å². The van der Waals surface area contributed by atoms with Gasteiger partial charge in [-0.2, -0.15) is 0 Å². The van der Waals surface area contributed by atoms with Crippen LogP contribution in [0.15, 0.2) is 18.2 Å². The number of hydrogen-bond acceptors (Lipinski definition) is 3. The lowest BCUT2D eigenvalue weighted by molar-refractivity contribution is 0.343. The summed E-state index contributed by atoms with van der Waals surface area (Å²) in [5, 5.41) is 3.38. The molecule has 0 atom stereocenters. The predicted octanol–water partition coefficient (Wildman–Crippen LogP) is 2.43. The van der Waals surface area contributed by atoms with Gasteiger partial charge in [-0.25, -0.2) is 4.98 Å². The van der Waals surface area contributed by atoms with Crippen LogP contribution < -0.4 is 10.1 Å². The monoisotopic (exact) mass is 245 g/mol. The van der Waals surface area contributed by atoms with Crippen LogP contribution >= 0.6 is 0 Å². The van der Waals surface area contributed by atoms with Crippen LogP contribution in [0, 0.1) is 0 Å². The van der Waals surface area contributed by atoms with Crippen molar-refractivity contribution in [3.63, 3.8) is 0 Å². The summed E-state index contributed by atoms with van der Waals surface area (Å²) in [6.07, 6.45) is 2.31. The molecule has 2 aromatic rings. The van der Waals surface area contributed by atoms with E-state index in [1.807, 2.05) is 19.1 Å². The van der Waals surface area contributed by atoms with Gasteiger partial charge in [0.05, 0.1) is 12.1 Å². The minimum absolute atomic E-state index is 0.549. The highest BCUT2D eigenvalue weighted by atomic mass is 16.5. The van der Waals surface area contributed by atoms with E-state index < -0.39 is 0 Å². The molecule has 18 heavy (non-hydrogen) atoms. The van der Waals surface area contributed by atoms with E-state index in [9.17, 15) is 0 Å². The molecule has 1 aromatic carbocycles. The minimum Gasteiger partial charge on any atom is -0.492 e. The average molecular weight is 245 g/mol. The lowest BCUT2D eigenvalue weighted by atomic mass is 9.98. The molecule has 4 heteroatoms. The van der Waals surface area contributed by atoms with E-state index in [4.69, 9.17) is 9.72 Å². The maximum atomic E-state index is 5.62. The van der Waals surface area contributed by atoms with Gasteiger partial charge in [0, 0.05) is 5.92 Å². The summed E-state index contributed by atoms with van der Waals surface area (Å²) in [5.41, 5.74) is 2.04. The molecule has 1 aliphatic heterocycles. The van der Waals surface area contributed by atoms with Crippen molar-refractivity contribution in [1.29, 1.82) is 0 Å². The maximum absolute atomic E-state index is 5.62. The normalized spacial score (nSPS) is 17.2. The number of hydrogen-bond donors (Lipinski definition) is 2. The third-order valence-corrected chi connectivity index (χ3v) is 3.52. The maximum Gasteiger partial charge on any atom is 0.147 e. The predicted molar refractivity (Wildman–Crippen MR) is 72.1 cm³/mol. The van der Waals surface area contributed by atoms with Crippen LogP contribution in [-0.2, 0) is 0 Å². The fourth-order valence-corrected chi connectivity index (χ4v) is 2.59. The molecule has 2 heterocycles. The summed E-state index contributed by atoms with van der Waals surface area (Å²) >= 11 is 0. The Kier molecular flexibility index (Phi) is 3.19. The first-order valence-electron chi connectivity index (χ1n) is 6.70. The van der Waals surface area contributed by atoms with Gasteiger partial charge < -0.3 is 15.0 Å². The fraction of sp³-hybridized carbons (Fsp3) is 0.500. The Hall–Kier alpha value is -1.55. The molecule has 1 aliphatic rings. The van der Waals surface area contributed by atoms with Gasteiger partial charge >= 0.3 is 0 Å². The number of H-pyrrole nitrogens is 1. The van der Waals surface area contributed by atoms with Crippen LogP contribution in [-0.4, -0.2) is 29.7 Å². The number of benzene rings is 1. The number of fused-ring (bicyclic) bond motifs is 1. The molecule has 3 rings (SSSR count). The van der Waals surface area contributed by atoms with Crippen molar-refractivity contribution in [2.24, 2.45) is 0 Å². The van der Waals surface area contributed by atoms with Gasteiger partial charge in [0.1, 0.15) is 17.1 Å². The molecular formula is C14H19N3O. The number of aromatic amines is 1. The summed E-state index contributed by atoms with van der Waals surface area (Å²) in [7, 11) is 0. The first-order chi connectivity index (χ1) is 8.88. The molecule has 0 amide bonds. The first-order valence-corrected chi connectivity index (χ1v) is 6.70. The van der Waals surface area contributed by atoms with E-state index in [2.05, 4.69) is 16.4 Å². The zero-order valence-electron chi connectivity index (χ0n) is 10.7. The Balaban J connectivity index is 1.96. The second-order valence-corrected chi connectivity index (χ2v) is 4.73. The highest BCUT2D eigenvalue weighted by Gasteiger charge is 2.19. The van der Waals surface area contributed by atoms with Crippen molar-refractivity contribution >= 4 is 11.0 Å². The molecule has 1 fully saturated rings. The lowest BCUT2D eigenvalue weighted by Gasteiger charge is -2.20. The Labute approximate surface area is 107 Å². The van der Waals surface area contributed by atoms with E-state index in [0.717, 1.165) is 48.5 Å². The second-order valence-electron chi connectivity index (χ2n) is 4.73. The molecular weight excluding hydrogens is 226 g/mol. The average Bonchev–Trinajstić information content (AvgIpc) is 2.85. The van der Waals surface area contributed by atoms with Crippen molar-refractivity contribution < 1.29 is 4.74 Å². The van der Waals surface area contributed by atoms with Gasteiger partial charge in [-0.05, 0) is 45.0 Å². The van der Waals surface area contributed by atoms with Gasteiger partial charge in [-0.1, -0.05) is 6.07 Å². The zero-order valence-corrected chi connectivity index (χ0v) is 10.7. The number of piperidine rings is 1. The van der Waals surface area contributed by atoms with Crippen molar-refractivity contribution in [2.45, 2.75) is 25.7 Å². The molecule has 0 spiro atoms. The standard InChI is InChI=1S/C14H19N3O/c1-2-18-12-5-3-4-11-13(12)17-14(16-11)10-6-8-15-9-7-10/h3-5,10,15H,2,6-9H2,1H3,(H,16,17). The van der Waals surface area contributed by atoms with Crippen LogP contribution in [0.2, 0.25) is 0 Å². The third-order valence-electron chi connectivity index (χ3n) is 3.52. The summed E-state index contributed by atoms with van der Waals surface area (Å²) in [6.45, 7) is 4.84. The fourth-order valence-electron chi connectivity index (χ4n) is 2.59. The first kappa shape index (κ1) is 11.5. The highest BCUT2D eigenvalue weighted by Crippen LogP contribution is 2.29. The Morgan fingerprint density at radius 1 is 1.33 bits per heavy atom. The van der Waals surface area contributed by atoms with Crippen molar-refractivity contribution in [1.82, 2.24) is 15.3 Å². The third kappa shape index (κ3) is 2.08.